The molecule has 11 rings (SSSR count). The Kier molecular flexibility index (Phi) is 5.54. The van der Waals surface area contributed by atoms with Gasteiger partial charge in [0, 0.05) is 75.8 Å². The summed E-state index contributed by atoms with van der Waals surface area (Å²) in [6.07, 6.45) is 2.03. The summed E-state index contributed by atoms with van der Waals surface area (Å²) in [5.41, 5.74) is 10.5. The lowest BCUT2D eigenvalue weighted by Gasteiger charge is -2.11. The van der Waals surface area contributed by atoms with Crippen molar-refractivity contribution < 1.29 is 0 Å². The van der Waals surface area contributed by atoms with Gasteiger partial charge in [0.2, 0.25) is 0 Å². The molecule has 0 saturated carbocycles. The smallest absolute Gasteiger partial charge is 0.0703 e. The van der Waals surface area contributed by atoms with Crippen LogP contribution in [0.25, 0.3) is 97.2 Å². The first-order valence-corrected chi connectivity index (χ1v) is 17.4. The zero-order valence-electron chi connectivity index (χ0n) is 26.3. The zero-order valence-corrected chi connectivity index (χ0v) is 27.2. The van der Waals surface area contributed by atoms with Gasteiger partial charge < -0.3 is 9.13 Å². The van der Waals surface area contributed by atoms with Crippen molar-refractivity contribution in [3.63, 3.8) is 0 Å². The third-order valence-electron chi connectivity index (χ3n) is 10.1. The predicted octanol–water partition coefficient (Wildman–Crippen LogP) is 12.5. The first-order valence-electron chi connectivity index (χ1n) is 16.6. The zero-order chi connectivity index (χ0) is 32.1. The molecule has 0 saturated heterocycles. The summed E-state index contributed by atoms with van der Waals surface area (Å²) in [7, 11) is 0. The van der Waals surface area contributed by atoms with E-state index < -0.39 is 0 Å². The fourth-order valence-corrected chi connectivity index (χ4v) is 9.20. The Hall–Kier alpha value is -6.23. The number of para-hydroxylation sites is 3. The molecule has 0 bridgehead atoms. The van der Waals surface area contributed by atoms with Gasteiger partial charge in [-0.25, -0.2) is 0 Å². The second-order valence-corrected chi connectivity index (χ2v) is 13.9. The van der Waals surface area contributed by atoms with Crippen molar-refractivity contribution in [3.05, 3.63) is 164 Å². The first-order chi connectivity index (χ1) is 24.3. The first kappa shape index (κ1) is 26.8. The molecule has 0 atom stereocenters. The topological polar surface area (TPSA) is 22.8 Å². The van der Waals surface area contributed by atoms with E-state index in [1.54, 1.807) is 0 Å². The van der Waals surface area contributed by atoms with Crippen LogP contribution in [0.15, 0.2) is 164 Å². The number of thiophene rings is 1. The summed E-state index contributed by atoms with van der Waals surface area (Å²) in [4.78, 5) is 4.95. The van der Waals surface area contributed by atoms with Gasteiger partial charge in [-0.15, -0.1) is 11.3 Å². The molecule has 11 aromatic rings. The molecular formula is C45H27N3S. The molecule has 0 spiro atoms. The van der Waals surface area contributed by atoms with Crippen LogP contribution in [0, 0.1) is 0 Å². The van der Waals surface area contributed by atoms with Gasteiger partial charge in [-0.05, 0) is 66.7 Å². The van der Waals surface area contributed by atoms with Crippen molar-refractivity contribution >= 4 is 86.0 Å². The van der Waals surface area contributed by atoms with E-state index >= 15 is 0 Å². The highest BCUT2D eigenvalue weighted by molar-refractivity contribution is 7.26. The summed E-state index contributed by atoms with van der Waals surface area (Å²) in [5.74, 6) is 0. The van der Waals surface area contributed by atoms with E-state index in [1.807, 2.05) is 17.5 Å². The molecule has 4 aromatic heterocycles. The van der Waals surface area contributed by atoms with Crippen molar-refractivity contribution in [2.24, 2.45) is 0 Å². The number of pyridine rings is 1. The molecule has 7 aromatic carbocycles. The molecule has 3 nitrogen and oxygen atoms in total. The monoisotopic (exact) mass is 641 g/mol. The lowest BCUT2D eigenvalue weighted by Crippen LogP contribution is -1.96. The minimum Gasteiger partial charge on any atom is -0.309 e. The van der Waals surface area contributed by atoms with Crippen molar-refractivity contribution in [1.82, 2.24) is 14.1 Å². The summed E-state index contributed by atoms with van der Waals surface area (Å²) in [6, 6.07) is 57.4. The lowest BCUT2D eigenvalue weighted by molar-refractivity contribution is 1.17. The van der Waals surface area contributed by atoms with Gasteiger partial charge >= 0.3 is 0 Å². The van der Waals surface area contributed by atoms with Crippen LogP contribution in [0.2, 0.25) is 0 Å². The molecular weight excluding hydrogens is 615 g/mol. The molecule has 0 fully saturated rings. The number of benzene rings is 7. The maximum absolute atomic E-state index is 4.95. The average Bonchev–Trinajstić information content (AvgIpc) is 3.82. The lowest BCUT2D eigenvalue weighted by atomic mass is 10.0. The Morgan fingerprint density at radius 2 is 1.00 bits per heavy atom. The largest absolute Gasteiger partial charge is 0.309 e. The van der Waals surface area contributed by atoms with Gasteiger partial charge in [-0.1, -0.05) is 91.0 Å². The molecule has 0 unspecified atom stereocenters. The van der Waals surface area contributed by atoms with Crippen molar-refractivity contribution in [2.45, 2.75) is 0 Å². The Morgan fingerprint density at radius 3 is 1.73 bits per heavy atom. The van der Waals surface area contributed by atoms with Gasteiger partial charge in [0.15, 0.2) is 0 Å². The molecule has 0 N–H and O–H groups in total. The van der Waals surface area contributed by atoms with E-state index in [0.29, 0.717) is 0 Å². The molecule has 0 amide bonds. The number of aromatic nitrogens is 3. The number of rotatable bonds is 3. The van der Waals surface area contributed by atoms with E-state index in [1.165, 1.54) is 69.3 Å². The highest BCUT2D eigenvalue weighted by Gasteiger charge is 2.17. The van der Waals surface area contributed by atoms with Crippen LogP contribution in [-0.2, 0) is 0 Å². The number of hydrogen-bond donors (Lipinski definition) is 0. The number of fused-ring (bicyclic) bond motifs is 10. The van der Waals surface area contributed by atoms with Crippen LogP contribution in [0.4, 0.5) is 0 Å². The Balaban J connectivity index is 1.10. The van der Waals surface area contributed by atoms with Gasteiger partial charge in [0.05, 0.1) is 27.6 Å². The van der Waals surface area contributed by atoms with Crippen LogP contribution in [0.1, 0.15) is 0 Å². The predicted molar refractivity (Wildman–Crippen MR) is 209 cm³/mol. The van der Waals surface area contributed by atoms with Crippen LogP contribution >= 0.6 is 11.3 Å². The van der Waals surface area contributed by atoms with Crippen molar-refractivity contribution in [2.75, 3.05) is 0 Å². The Morgan fingerprint density at radius 1 is 0.429 bits per heavy atom. The fourth-order valence-electron chi connectivity index (χ4n) is 7.96. The maximum atomic E-state index is 4.95. The van der Waals surface area contributed by atoms with Crippen molar-refractivity contribution in [3.8, 4) is 22.5 Å². The maximum Gasteiger partial charge on any atom is 0.0703 e. The molecule has 0 aliphatic carbocycles. The Bertz CT molecular complexity index is 3070. The molecule has 0 aliphatic rings. The summed E-state index contributed by atoms with van der Waals surface area (Å²) >= 11 is 1.86. The molecule has 4 heterocycles. The highest BCUT2D eigenvalue weighted by Crippen LogP contribution is 2.41. The van der Waals surface area contributed by atoms with Crippen molar-refractivity contribution in [1.29, 1.82) is 0 Å². The number of nitrogens with zero attached hydrogens (tertiary/aromatic N) is 3. The average molecular weight is 642 g/mol. The minimum atomic E-state index is 0.991. The van der Waals surface area contributed by atoms with Crippen LogP contribution in [0.5, 0.6) is 0 Å². The highest BCUT2D eigenvalue weighted by atomic mass is 32.1. The van der Waals surface area contributed by atoms with E-state index in [-0.39, 0.29) is 0 Å². The Labute approximate surface area is 285 Å². The summed E-state index contributed by atoms with van der Waals surface area (Å²) < 4.78 is 7.42. The molecule has 49 heavy (non-hydrogen) atoms. The van der Waals surface area contributed by atoms with Gasteiger partial charge in [0.1, 0.15) is 0 Å². The van der Waals surface area contributed by atoms with Crippen LogP contribution in [0.3, 0.4) is 0 Å². The molecule has 228 valence electrons. The van der Waals surface area contributed by atoms with E-state index in [9.17, 15) is 0 Å². The van der Waals surface area contributed by atoms with Crippen LogP contribution < -0.4 is 0 Å². The van der Waals surface area contributed by atoms with Gasteiger partial charge in [-0.3, -0.25) is 4.98 Å². The van der Waals surface area contributed by atoms with Gasteiger partial charge in [0.25, 0.3) is 0 Å². The summed E-state index contributed by atoms with van der Waals surface area (Å²) in [5, 5.41) is 8.76. The summed E-state index contributed by atoms with van der Waals surface area (Å²) in [6.45, 7) is 0. The number of hydrogen-bond acceptors (Lipinski definition) is 2. The third kappa shape index (κ3) is 3.86. The molecule has 4 heteroatoms. The quantitative estimate of drug-likeness (QED) is 0.188. The van der Waals surface area contributed by atoms with Crippen LogP contribution in [-0.4, -0.2) is 14.1 Å². The molecule has 0 aliphatic heterocycles. The van der Waals surface area contributed by atoms with E-state index in [4.69, 9.17) is 4.98 Å². The van der Waals surface area contributed by atoms with Gasteiger partial charge in [-0.2, -0.15) is 0 Å². The normalized spacial score (nSPS) is 12.1. The van der Waals surface area contributed by atoms with E-state index in [0.717, 1.165) is 27.8 Å². The van der Waals surface area contributed by atoms with E-state index in [2.05, 4.69) is 167 Å². The third-order valence-corrected chi connectivity index (χ3v) is 11.4. The SMILES string of the molecule is c1ccc2c(c1)sc1c(-c3cnc4ccc(-n5c6ccccc6c6cc(-n7c8ccccc8c8ccccc87)ccc65)cc4c3)cccc12. The standard InChI is InChI=1S/C45H27N3S/c1-5-16-40-33(10-1)34-11-2-6-17-41(34)48(40)31-21-23-43-38(26-31)35-12-3-7-18-42(35)47(43)30-20-22-39-28(25-30)24-29(27-46-39)32-14-9-15-37-36-13-4-8-19-44(36)49-45(32)37/h1-27H. The molecule has 0 radical (unpaired) electrons. The fraction of sp³-hybridized carbons (Fsp3) is 0. The minimum absolute atomic E-state index is 0.991. The second-order valence-electron chi connectivity index (χ2n) is 12.8. The second kappa shape index (κ2) is 10.1.